The van der Waals surface area contributed by atoms with Crippen LogP contribution in [0.4, 0.5) is 0 Å². The maximum Gasteiger partial charge on any atom is 2.00 e. The van der Waals surface area contributed by atoms with Gasteiger partial charge < -0.3 is 23.2 Å². The summed E-state index contributed by atoms with van der Waals surface area (Å²) in [6.45, 7) is 0. The van der Waals surface area contributed by atoms with Crippen molar-refractivity contribution >= 4 is 68.2 Å². The van der Waals surface area contributed by atoms with Crippen LogP contribution in [0.15, 0.2) is 164 Å². The number of fused-ring (bicyclic) bond motifs is 9. The maximum absolute atomic E-state index is 15.1. The van der Waals surface area contributed by atoms with Crippen LogP contribution in [-0.4, -0.2) is 24.5 Å². The topological polar surface area (TPSA) is 109 Å². The molecule has 63 heavy (non-hydrogen) atoms. The molecule has 306 valence electrons. The summed E-state index contributed by atoms with van der Waals surface area (Å²) in [6, 6.07) is 56.9. The number of hydrogen-bond acceptors (Lipinski definition) is 8. The van der Waals surface area contributed by atoms with E-state index in [2.05, 4.69) is 44.2 Å². The molecule has 0 N–H and O–H groups in total. The van der Waals surface area contributed by atoms with Gasteiger partial charge in [0.25, 0.3) is 0 Å². The van der Waals surface area contributed by atoms with Crippen molar-refractivity contribution in [2.75, 3.05) is 0 Å². The molecule has 0 radical (unpaired) electrons. The molecule has 2 aliphatic heterocycles. The zero-order valence-electron chi connectivity index (χ0n) is 32.5. The average molecular weight is 1210 g/mol. The van der Waals surface area contributed by atoms with Gasteiger partial charge in [-0.3, -0.25) is 9.97 Å². The molecular weight excluding hydrogens is 1190 g/mol. The Kier molecular flexibility index (Phi) is 10.4. The zero-order valence-corrected chi connectivity index (χ0v) is 38.8. The van der Waals surface area contributed by atoms with Crippen LogP contribution in [0, 0.1) is 24.3 Å². The molecule has 6 aromatic carbocycles. The number of benzene rings is 6. The van der Waals surface area contributed by atoms with Crippen molar-refractivity contribution in [2.45, 2.75) is 0 Å². The van der Waals surface area contributed by atoms with E-state index in [1.165, 1.54) is 0 Å². The van der Waals surface area contributed by atoms with Crippen molar-refractivity contribution in [1.82, 2.24) is 24.5 Å². The number of ether oxygens (including phenoxy) is 2. The molecule has 0 aliphatic carbocycles. The Labute approximate surface area is 390 Å². The predicted molar refractivity (Wildman–Crippen MR) is 237 cm³/mol. The fourth-order valence-electron chi connectivity index (χ4n) is 8.52. The van der Waals surface area contributed by atoms with Crippen LogP contribution in [0.5, 0.6) is 23.0 Å². The average Bonchev–Trinajstić information content (AvgIpc) is 3.88. The van der Waals surface area contributed by atoms with Crippen LogP contribution in [0.3, 0.4) is 0 Å². The molecule has 0 saturated heterocycles. The van der Waals surface area contributed by atoms with Crippen LogP contribution < -0.4 is 41.6 Å². The summed E-state index contributed by atoms with van der Waals surface area (Å²) in [6.07, 6.45) is 6.68. The number of hydrogen-bond donors (Lipinski definition) is 0. The normalized spacial score (nSPS) is 16.6. The van der Waals surface area contributed by atoms with Crippen LogP contribution in [0.2, 0.25) is 0 Å². The molecule has 0 bridgehead atoms. The molecule has 4 aromatic heterocycles. The standard InChI is InChI=1S/C50H27N5O4P2.2Pt/c56-60(48-14-5-7-24-51-48)44-12-3-1-10-38(44)40-22-18-34(30-46(40)60)58-32-16-20-36-37-21-17-33(29-43(37)55(42(36)28-32)50-53-26-9-27-54-50)59-35-19-23-41-39-11-2-4-13-45(39)61(57,47(41)31-35)49-15-6-8-25-52-49;;/h1-27H;;/q-4;2*+2. The fourth-order valence-corrected chi connectivity index (χ4v) is 14.3. The van der Waals surface area contributed by atoms with Crippen LogP contribution >= 0.6 is 14.3 Å². The molecule has 2 aliphatic rings. The number of rotatable bonds is 7. The van der Waals surface area contributed by atoms with Gasteiger partial charge in [-0.25, -0.2) is 9.97 Å². The van der Waals surface area contributed by atoms with Gasteiger partial charge in [0.15, 0.2) is 14.3 Å². The quantitative estimate of drug-likeness (QED) is 0.116. The minimum Gasteiger partial charge on any atom is -0.509 e. The molecule has 2 atom stereocenters. The van der Waals surface area contributed by atoms with Crippen LogP contribution in [0.1, 0.15) is 0 Å². The third kappa shape index (κ3) is 6.36. The fraction of sp³-hybridized carbons (Fsp3) is 0. The van der Waals surface area contributed by atoms with E-state index in [4.69, 9.17) is 9.47 Å². The number of nitrogens with zero attached hydrogens (tertiary/aromatic N) is 5. The van der Waals surface area contributed by atoms with Crippen molar-refractivity contribution in [3.63, 3.8) is 0 Å². The summed E-state index contributed by atoms with van der Waals surface area (Å²) >= 11 is 0. The van der Waals surface area contributed by atoms with Gasteiger partial charge in [0.1, 0.15) is 10.9 Å². The Morgan fingerprint density at radius 2 is 0.825 bits per heavy atom. The molecule has 13 heteroatoms. The van der Waals surface area contributed by atoms with Gasteiger partial charge in [-0.1, -0.05) is 93.4 Å². The second-order valence-corrected chi connectivity index (χ2v) is 19.8. The van der Waals surface area contributed by atoms with Crippen LogP contribution in [0.25, 0.3) is 50.0 Å². The van der Waals surface area contributed by atoms with Gasteiger partial charge in [0.05, 0.1) is 0 Å². The van der Waals surface area contributed by atoms with E-state index in [0.717, 1.165) is 43.6 Å². The molecule has 10 aromatic rings. The summed E-state index contributed by atoms with van der Waals surface area (Å²) in [4.78, 5) is 18.3. The van der Waals surface area contributed by atoms with E-state index in [0.29, 0.717) is 61.5 Å². The summed E-state index contributed by atoms with van der Waals surface area (Å²) in [7, 11) is -6.64. The van der Waals surface area contributed by atoms with E-state index in [-0.39, 0.29) is 42.1 Å². The van der Waals surface area contributed by atoms with Gasteiger partial charge >= 0.3 is 42.1 Å². The monoisotopic (exact) mass is 1210 g/mol. The number of pyridine rings is 2. The number of aromatic nitrogens is 5. The van der Waals surface area contributed by atoms with E-state index >= 15 is 9.13 Å². The minimum atomic E-state index is -3.32. The molecule has 0 spiro atoms. The van der Waals surface area contributed by atoms with E-state index in [1.807, 2.05) is 126 Å². The van der Waals surface area contributed by atoms with Crippen molar-refractivity contribution < 1.29 is 60.7 Å². The molecule has 12 rings (SSSR count). The van der Waals surface area contributed by atoms with Crippen molar-refractivity contribution in [3.8, 4) is 51.2 Å². The summed E-state index contributed by atoms with van der Waals surface area (Å²) in [5.41, 5.74) is 5.79. The molecule has 0 amide bonds. The van der Waals surface area contributed by atoms with Crippen molar-refractivity contribution in [3.05, 3.63) is 189 Å². The third-order valence-corrected chi connectivity index (χ3v) is 17.1. The Bertz CT molecular complexity index is 3310. The van der Waals surface area contributed by atoms with Crippen molar-refractivity contribution in [2.24, 2.45) is 0 Å². The second-order valence-electron chi connectivity index (χ2n) is 14.6. The summed E-state index contributed by atoms with van der Waals surface area (Å²) < 4.78 is 44.9. The SMILES string of the molecule is O=P1(c2ccccn2)c2[c-]c(Oc3[c-]c4c(cc3)c3ccc(Oc5[c-]c6c(cc5)-c5ccccc5P6(=O)c5ccccn5)[c-]c3n4-c3ncccn3)ccc2-c2ccccc21.[Pt+2].[Pt+2]. The molecule has 9 nitrogen and oxygen atoms in total. The van der Waals surface area contributed by atoms with E-state index in [1.54, 1.807) is 43.0 Å². The van der Waals surface area contributed by atoms with Gasteiger partial charge in [-0.2, -0.15) is 35.0 Å². The Balaban J connectivity index is 0.00000236. The summed E-state index contributed by atoms with van der Waals surface area (Å²) in [5.74, 6) is 2.00. The van der Waals surface area contributed by atoms with E-state index in [9.17, 15) is 0 Å². The van der Waals surface area contributed by atoms with Crippen molar-refractivity contribution in [1.29, 1.82) is 0 Å². The van der Waals surface area contributed by atoms with Gasteiger partial charge in [-0.05, 0) is 30.3 Å². The third-order valence-electron chi connectivity index (χ3n) is 11.2. The first kappa shape index (κ1) is 41.0. The molecular formula is C50H27N5O4P2Pt2. The Morgan fingerprint density at radius 1 is 0.413 bits per heavy atom. The van der Waals surface area contributed by atoms with Gasteiger partial charge in [0, 0.05) is 58.4 Å². The Morgan fingerprint density at radius 3 is 1.29 bits per heavy atom. The molecule has 0 saturated carbocycles. The zero-order chi connectivity index (χ0) is 40.7. The summed E-state index contributed by atoms with van der Waals surface area (Å²) in [5, 5.41) is 4.32. The molecule has 0 fully saturated rings. The van der Waals surface area contributed by atoms with Crippen LogP contribution in [-0.2, 0) is 51.3 Å². The first-order chi connectivity index (χ1) is 30.0. The minimum absolute atomic E-state index is 0. The second kappa shape index (κ2) is 15.9. The maximum atomic E-state index is 15.1. The van der Waals surface area contributed by atoms with E-state index < -0.39 is 14.3 Å². The molecule has 6 heterocycles. The van der Waals surface area contributed by atoms with Gasteiger partial charge in [0.2, 0.25) is 5.95 Å². The Hall–Kier alpha value is -6.06. The first-order valence-electron chi connectivity index (χ1n) is 19.4. The predicted octanol–water partition coefficient (Wildman–Crippen LogP) is 8.38. The molecule has 2 unspecified atom stereocenters. The largest absolute Gasteiger partial charge is 2.00 e. The smallest absolute Gasteiger partial charge is 0.509 e. The van der Waals surface area contributed by atoms with Gasteiger partial charge in [-0.15, -0.1) is 59.7 Å². The first-order valence-corrected chi connectivity index (χ1v) is 22.8.